The zero-order valence-corrected chi connectivity index (χ0v) is 22.7. The number of aromatic nitrogens is 5. The van der Waals surface area contributed by atoms with Crippen molar-refractivity contribution in [1.29, 1.82) is 0 Å². The molecule has 1 amide bonds. The maximum Gasteiger partial charge on any atom is 0.278 e. The van der Waals surface area contributed by atoms with Crippen molar-refractivity contribution in [3.05, 3.63) is 70.2 Å². The third-order valence-electron chi connectivity index (χ3n) is 8.29. The van der Waals surface area contributed by atoms with Crippen LogP contribution >= 0.6 is 0 Å². The van der Waals surface area contributed by atoms with Crippen molar-refractivity contribution < 1.29 is 9.53 Å². The molecule has 0 radical (unpaired) electrons. The van der Waals surface area contributed by atoms with Crippen molar-refractivity contribution in [3.8, 4) is 11.6 Å². The predicted octanol–water partition coefficient (Wildman–Crippen LogP) is 3.13. The summed E-state index contributed by atoms with van der Waals surface area (Å²) in [4.78, 5) is 44.2. The van der Waals surface area contributed by atoms with Crippen LogP contribution in [0.2, 0.25) is 0 Å². The molecule has 11 heteroatoms. The average Bonchev–Trinajstić information content (AvgIpc) is 3.20. The van der Waals surface area contributed by atoms with E-state index in [2.05, 4.69) is 48.2 Å². The molecule has 3 aliphatic rings. The lowest BCUT2D eigenvalue weighted by atomic mass is 9.83. The molecule has 0 spiro atoms. The van der Waals surface area contributed by atoms with Gasteiger partial charge in [0.05, 0.1) is 6.54 Å². The zero-order chi connectivity index (χ0) is 27.6. The number of fused-ring (bicyclic) bond motifs is 6. The smallest absolute Gasteiger partial charge is 0.278 e. The Balaban J connectivity index is 1.35. The van der Waals surface area contributed by atoms with E-state index in [4.69, 9.17) is 14.7 Å². The molecule has 4 aromatic rings. The Bertz CT molecular complexity index is 1770. The number of nitrogens with one attached hydrogen (secondary N) is 1. The molecule has 40 heavy (non-hydrogen) atoms. The Labute approximate surface area is 230 Å². The number of nitrogens with zero attached hydrogens (tertiary/aromatic N) is 7. The lowest BCUT2D eigenvalue weighted by Gasteiger charge is -2.41. The van der Waals surface area contributed by atoms with Gasteiger partial charge >= 0.3 is 0 Å². The molecule has 204 valence electrons. The van der Waals surface area contributed by atoms with E-state index < -0.39 is 0 Å². The Morgan fingerprint density at radius 2 is 1.93 bits per heavy atom. The summed E-state index contributed by atoms with van der Waals surface area (Å²) in [6.45, 7) is 6.27. The van der Waals surface area contributed by atoms with E-state index in [-0.39, 0.29) is 23.6 Å². The maximum atomic E-state index is 13.5. The third-order valence-corrected chi connectivity index (χ3v) is 8.29. The van der Waals surface area contributed by atoms with Gasteiger partial charge in [0.1, 0.15) is 5.39 Å². The highest BCUT2D eigenvalue weighted by atomic mass is 16.5. The van der Waals surface area contributed by atoms with E-state index in [1.54, 1.807) is 32.6 Å². The zero-order valence-electron chi connectivity index (χ0n) is 22.7. The highest BCUT2D eigenvalue weighted by molar-refractivity contribution is 5.96. The van der Waals surface area contributed by atoms with E-state index in [0.29, 0.717) is 53.9 Å². The van der Waals surface area contributed by atoms with E-state index >= 15 is 0 Å². The number of ether oxygens (including phenoxy) is 1. The molecule has 3 aromatic heterocycles. The quantitative estimate of drug-likeness (QED) is 0.388. The fraction of sp³-hybridized carbons (Fsp3) is 0.345. The number of allylic oxidation sites excluding steroid dienone is 1. The summed E-state index contributed by atoms with van der Waals surface area (Å²) in [5.41, 5.74) is 3.61. The number of anilines is 3. The molecule has 1 N–H and O–H groups in total. The third kappa shape index (κ3) is 3.80. The van der Waals surface area contributed by atoms with Crippen LogP contribution in [0.4, 0.5) is 17.5 Å². The van der Waals surface area contributed by atoms with Crippen LogP contribution < -0.4 is 20.5 Å². The van der Waals surface area contributed by atoms with Crippen LogP contribution in [0.15, 0.2) is 53.5 Å². The fourth-order valence-electron chi connectivity index (χ4n) is 5.74. The van der Waals surface area contributed by atoms with E-state index in [9.17, 15) is 9.59 Å². The van der Waals surface area contributed by atoms with Gasteiger partial charge in [-0.15, -0.1) is 0 Å². The number of likely N-dealkylation sites (N-methyl/N-ethyl adjacent to an activating group) is 1. The summed E-state index contributed by atoms with van der Waals surface area (Å²) < 4.78 is 8.92. The first-order chi connectivity index (χ1) is 19.3. The number of rotatable bonds is 2. The second kappa shape index (κ2) is 9.02. The first-order valence-electron chi connectivity index (χ1n) is 13.5. The lowest BCUT2D eigenvalue weighted by molar-refractivity contribution is -0.121. The van der Waals surface area contributed by atoms with Gasteiger partial charge in [-0.3, -0.25) is 19.4 Å². The molecule has 7 rings (SSSR count). The van der Waals surface area contributed by atoms with Crippen LogP contribution in [0.5, 0.6) is 5.75 Å². The van der Waals surface area contributed by atoms with Gasteiger partial charge in [-0.1, -0.05) is 18.2 Å². The Hall–Kier alpha value is -4.51. The summed E-state index contributed by atoms with van der Waals surface area (Å²) >= 11 is 0. The number of benzene rings is 1. The highest BCUT2D eigenvalue weighted by Crippen LogP contribution is 2.36. The van der Waals surface area contributed by atoms with Crippen molar-refractivity contribution >= 4 is 34.4 Å². The average molecular weight is 539 g/mol. The molecule has 3 aliphatic heterocycles. The van der Waals surface area contributed by atoms with Gasteiger partial charge in [0, 0.05) is 30.5 Å². The van der Waals surface area contributed by atoms with Crippen LogP contribution in [-0.4, -0.2) is 61.9 Å². The summed E-state index contributed by atoms with van der Waals surface area (Å²) in [7, 11) is 2.15. The van der Waals surface area contributed by atoms with Gasteiger partial charge in [0.2, 0.25) is 5.95 Å². The summed E-state index contributed by atoms with van der Waals surface area (Å²) in [6, 6.07) is 9.93. The van der Waals surface area contributed by atoms with Crippen molar-refractivity contribution in [2.45, 2.75) is 38.8 Å². The second-order valence-corrected chi connectivity index (χ2v) is 10.9. The first kappa shape index (κ1) is 24.5. The van der Waals surface area contributed by atoms with Crippen molar-refractivity contribution in [2.75, 3.05) is 37.0 Å². The minimum Gasteiger partial charge on any atom is -0.480 e. The molecule has 0 aliphatic carbocycles. The molecular weight excluding hydrogens is 508 g/mol. The molecule has 1 aromatic carbocycles. The van der Waals surface area contributed by atoms with Gasteiger partial charge in [0.15, 0.2) is 29.6 Å². The van der Waals surface area contributed by atoms with Crippen LogP contribution in [0.3, 0.4) is 0 Å². The maximum absolute atomic E-state index is 13.5. The van der Waals surface area contributed by atoms with Gasteiger partial charge in [-0.25, -0.2) is 19.3 Å². The highest BCUT2D eigenvalue weighted by Gasteiger charge is 2.32. The Kier molecular flexibility index (Phi) is 5.53. The lowest BCUT2D eigenvalue weighted by Crippen LogP contribution is -2.43. The molecule has 6 heterocycles. The number of hydrogen-bond donors (Lipinski definition) is 1. The minimum atomic E-state index is -0.215. The topological polar surface area (TPSA) is 110 Å². The van der Waals surface area contributed by atoms with Gasteiger partial charge in [-0.2, -0.15) is 4.98 Å². The molecule has 0 fully saturated rings. The Morgan fingerprint density at radius 1 is 1.05 bits per heavy atom. The normalized spacial score (nSPS) is 18.1. The monoisotopic (exact) mass is 538 g/mol. The standard InChI is InChI=1S/C29H30N8O3/c1-29(2)21-15-19(8-7-18(21)11-14-34(29)3)31-28-30-16-20-25(33-28)37-23-10-9-22-26(32-23)35(24(38)17-40-22)12-5-4-6-13-36(37)27(20)39/h4,6-10,15-16H,5,11-14,17H2,1-3H3,(H,30,31,33). The number of carbonyl (C=O) groups excluding carboxylic acids is 1. The van der Waals surface area contributed by atoms with Crippen molar-refractivity contribution in [3.63, 3.8) is 0 Å². The Morgan fingerprint density at radius 3 is 2.80 bits per heavy atom. The van der Waals surface area contributed by atoms with Crippen LogP contribution in [0.1, 0.15) is 31.4 Å². The molecule has 11 nitrogen and oxygen atoms in total. The SMILES string of the molecule is CN1CCc2ccc(Nc3ncc4c(=O)n5n(c4n3)-c3ccc4c(n3)N(CCC=CC5)C(=O)CO4)cc2C1(C)C. The van der Waals surface area contributed by atoms with Gasteiger partial charge < -0.3 is 10.1 Å². The molecule has 0 atom stereocenters. The van der Waals surface area contributed by atoms with Crippen LogP contribution in [0.25, 0.3) is 16.9 Å². The van der Waals surface area contributed by atoms with Crippen molar-refractivity contribution in [1.82, 2.24) is 29.2 Å². The van der Waals surface area contributed by atoms with Crippen LogP contribution in [-0.2, 0) is 23.3 Å². The number of carbonyl (C=O) groups is 1. The summed E-state index contributed by atoms with van der Waals surface area (Å²) in [6.07, 6.45) is 7.10. The van der Waals surface area contributed by atoms with Crippen molar-refractivity contribution in [2.24, 2.45) is 0 Å². The molecule has 0 saturated carbocycles. The fourth-order valence-corrected chi connectivity index (χ4v) is 5.74. The van der Waals surface area contributed by atoms with Crippen LogP contribution in [0, 0.1) is 0 Å². The summed E-state index contributed by atoms with van der Waals surface area (Å²) in [5.74, 6) is 1.67. The minimum absolute atomic E-state index is 0.0205. The molecule has 0 saturated heterocycles. The number of amides is 1. The van der Waals surface area contributed by atoms with Gasteiger partial charge in [-0.05, 0) is 69.1 Å². The summed E-state index contributed by atoms with van der Waals surface area (Å²) in [5, 5.41) is 3.73. The number of pyridine rings is 1. The molecular formula is C29H30N8O3. The predicted molar refractivity (Wildman–Crippen MR) is 152 cm³/mol. The van der Waals surface area contributed by atoms with Gasteiger partial charge in [0.25, 0.3) is 11.5 Å². The van der Waals surface area contributed by atoms with E-state index in [1.807, 2.05) is 18.2 Å². The second-order valence-electron chi connectivity index (χ2n) is 10.9. The van der Waals surface area contributed by atoms with E-state index in [1.165, 1.54) is 11.1 Å². The number of hydrogen-bond acceptors (Lipinski definition) is 8. The largest absolute Gasteiger partial charge is 0.480 e. The van der Waals surface area contributed by atoms with E-state index in [0.717, 1.165) is 18.7 Å². The first-order valence-corrected chi connectivity index (χ1v) is 13.5. The molecule has 0 unspecified atom stereocenters. The molecule has 2 bridgehead atoms.